The molecule has 4 nitrogen and oxygen atoms in total. The minimum atomic E-state index is -0.144. The van der Waals surface area contributed by atoms with Crippen molar-refractivity contribution in [2.24, 2.45) is 0 Å². The Morgan fingerprint density at radius 2 is 1.12 bits per heavy atom. The molecule has 2 heterocycles. The van der Waals surface area contributed by atoms with Crippen molar-refractivity contribution in [3.05, 3.63) is 80.2 Å². The minimum absolute atomic E-state index is 0.144. The van der Waals surface area contributed by atoms with Gasteiger partial charge in [0.15, 0.2) is 0 Å². The minimum Gasteiger partial charge on any atom is -0.347 e. The van der Waals surface area contributed by atoms with Crippen LogP contribution in [0, 0.1) is 0 Å². The van der Waals surface area contributed by atoms with Gasteiger partial charge in [0.1, 0.15) is 0 Å². The predicted molar refractivity (Wildman–Crippen MR) is 97.4 cm³/mol. The van der Waals surface area contributed by atoms with Crippen LogP contribution in [0.2, 0.25) is 0 Å². The fourth-order valence-electron chi connectivity index (χ4n) is 2.14. The van der Waals surface area contributed by atoms with E-state index in [-0.39, 0.29) is 11.8 Å². The van der Waals surface area contributed by atoms with E-state index in [1.807, 2.05) is 35.0 Å². The topological polar surface area (TPSA) is 58.2 Å². The van der Waals surface area contributed by atoms with Crippen LogP contribution in [0.3, 0.4) is 0 Å². The first-order chi connectivity index (χ1) is 11.7. The average Bonchev–Trinajstić information content (AvgIpc) is 3.31. The van der Waals surface area contributed by atoms with Crippen molar-refractivity contribution in [2.75, 3.05) is 0 Å². The highest BCUT2D eigenvalue weighted by molar-refractivity contribution is 7.10. The van der Waals surface area contributed by atoms with Crippen molar-refractivity contribution in [3.63, 3.8) is 0 Å². The molecule has 0 saturated heterocycles. The molecule has 0 radical (unpaired) electrons. The first kappa shape index (κ1) is 16.4. The van der Waals surface area contributed by atoms with Gasteiger partial charge in [0, 0.05) is 20.9 Å². The molecule has 2 N–H and O–H groups in total. The number of benzene rings is 1. The van der Waals surface area contributed by atoms with Crippen LogP contribution in [-0.2, 0) is 13.1 Å². The van der Waals surface area contributed by atoms with Crippen LogP contribution >= 0.6 is 22.7 Å². The second kappa shape index (κ2) is 7.90. The number of carbonyl (C=O) groups is 2. The predicted octanol–water partition coefficient (Wildman–Crippen LogP) is 3.67. The van der Waals surface area contributed by atoms with E-state index in [1.165, 1.54) is 0 Å². The molecule has 0 atom stereocenters. The summed E-state index contributed by atoms with van der Waals surface area (Å²) < 4.78 is 0. The van der Waals surface area contributed by atoms with Gasteiger partial charge in [-0.2, -0.15) is 0 Å². The van der Waals surface area contributed by atoms with Crippen LogP contribution in [0.5, 0.6) is 0 Å². The summed E-state index contributed by atoms with van der Waals surface area (Å²) in [6.45, 7) is 1.03. The highest BCUT2D eigenvalue weighted by Crippen LogP contribution is 2.10. The summed E-state index contributed by atoms with van der Waals surface area (Å²) in [5, 5.41) is 9.69. The standard InChI is InChI=1S/C18H16N2O2S2/c21-17(19-11-15-3-1-9-23-15)13-5-7-14(8-6-13)18(22)20-12-16-4-2-10-24-16/h1-10H,11-12H2,(H,19,21)(H,20,22). The Hall–Kier alpha value is -2.44. The molecule has 2 aromatic heterocycles. The van der Waals surface area contributed by atoms with Crippen molar-refractivity contribution < 1.29 is 9.59 Å². The van der Waals surface area contributed by atoms with Gasteiger partial charge in [0.05, 0.1) is 13.1 Å². The van der Waals surface area contributed by atoms with E-state index in [9.17, 15) is 9.59 Å². The van der Waals surface area contributed by atoms with Crippen LogP contribution in [0.15, 0.2) is 59.3 Å². The van der Waals surface area contributed by atoms with Gasteiger partial charge in [-0.05, 0) is 47.2 Å². The van der Waals surface area contributed by atoms with Crippen LogP contribution in [0.1, 0.15) is 30.5 Å². The van der Waals surface area contributed by atoms with E-state index >= 15 is 0 Å². The third-order valence-corrected chi connectivity index (χ3v) is 5.17. The van der Waals surface area contributed by atoms with Gasteiger partial charge in [-0.15, -0.1) is 22.7 Å². The maximum Gasteiger partial charge on any atom is 0.251 e. The lowest BCUT2D eigenvalue weighted by molar-refractivity contribution is 0.0939. The Kier molecular flexibility index (Phi) is 5.40. The van der Waals surface area contributed by atoms with Crippen molar-refractivity contribution in [2.45, 2.75) is 13.1 Å². The van der Waals surface area contributed by atoms with Crippen LogP contribution in [0.25, 0.3) is 0 Å². The smallest absolute Gasteiger partial charge is 0.251 e. The van der Waals surface area contributed by atoms with Gasteiger partial charge in [-0.3, -0.25) is 9.59 Å². The Balaban J connectivity index is 1.54. The Morgan fingerprint density at radius 3 is 1.46 bits per heavy atom. The number of amides is 2. The van der Waals surface area contributed by atoms with E-state index in [1.54, 1.807) is 46.9 Å². The molecule has 3 aromatic rings. The normalized spacial score (nSPS) is 10.3. The molecule has 0 aliphatic rings. The van der Waals surface area contributed by atoms with Crippen LogP contribution in [-0.4, -0.2) is 11.8 Å². The average molecular weight is 356 g/mol. The van der Waals surface area contributed by atoms with Crippen molar-refractivity contribution in [1.29, 1.82) is 0 Å². The van der Waals surface area contributed by atoms with Crippen LogP contribution < -0.4 is 10.6 Å². The lowest BCUT2D eigenvalue weighted by Gasteiger charge is -2.06. The number of hydrogen-bond acceptors (Lipinski definition) is 4. The first-order valence-electron chi connectivity index (χ1n) is 7.43. The second-order valence-corrected chi connectivity index (χ2v) is 7.17. The summed E-state index contributed by atoms with van der Waals surface area (Å²) in [6.07, 6.45) is 0. The maximum absolute atomic E-state index is 12.1. The molecule has 3 rings (SSSR count). The Labute approximate surface area is 148 Å². The number of hydrogen-bond donors (Lipinski definition) is 2. The zero-order valence-electron chi connectivity index (χ0n) is 12.8. The van der Waals surface area contributed by atoms with Gasteiger partial charge in [-0.25, -0.2) is 0 Å². The van der Waals surface area contributed by atoms with E-state index in [4.69, 9.17) is 0 Å². The van der Waals surface area contributed by atoms with E-state index in [0.29, 0.717) is 24.2 Å². The summed E-state index contributed by atoms with van der Waals surface area (Å²) in [7, 11) is 0. The van der Waals surface area contributed by atoms with Gasteiger partial charge in [0.25, 0.3) is 11.8 Å². The van der Waals surface area contributed by atoms with Gasteiger partial charge < -0.3 is 10.6 Å². The molecule has 0 saturated carbocycles. The summed E-state index contributed by atoms with van der Waals surface area (Å²) in [5.41, 5.74) is 1.09. The van der Waals surface area contributed by atoms with Gasteiger partial charge in [0.2, 0.25) is 0 Å². The molecule has 24 heavy (non-hydrogen) atoms. The molecule has 0 aliphatic heterocycles. The second-order valence-electron chi connectivity index (χ2n) is 5.10. The number of nitrogens with one attached hydrogen (secondary N) is 2. The van der Waals surface area contributed by atoms with E-state index in [0.717, 1.165) is 9.75 Å². The summed E-state index contributed by atoms with van der Waals surface area (Å²) in [6, 6.07) is 14.5. The molecule has 0 fully saturated rings. The largest absolute Gasteiger partial charge is 0.347 e. The highest BCUT2D eigenvalue weighted by Gasteiger charge is 2.09. The summed E-state index contributed by atoms with van der Waals surface area (Å²) >= 11 is 3.21. The van der Waals surface area contributed by atoms with E-state index < -0.39 is 0 Å². The molecule has 0 aliphatic carbocycles. The lowest BCUT2D eigenvalue weighted by atomic mass is 10.1. The third-order valence-electron chi connectivity index (χ3n) is 3.42. The Morgan fingerprint density at radius 1 is 0.708 bits per heavy atom. The van der Waals surface area contributed by atoms with Gasteiger partial charge in [-0.1, -0.05) is 12.1 Å². The quantitative estimate of drug-likeness (QED) is 0.708. The molecule has 0 unspecified atom stereocenters. The number of rotatable bonds is 6. The van der Waals surface area contributed by atoms with Crippen molar-refractivity contribution in [3.8, 4) is 0 Å². The highest BCUT2D eigenvalue weighted by atomic mass is 32.1. The monoisotopic (exact) mass is 356 g/mol. The lowest BCUT2D eigenvalue weighted by Crippen LogP contribution is -2.24. The van der Waals surface area contributed by atoms with E-state index in [2.05, 4.69) is 10.6 Å². The first-order valence-corrected chi connectivity index (χ1v) is 9.19. The zero-order chi connectivity index (χ0) is 16.8. The van der Waals surface area contributed by atoms with Crippen molar-refractivity contribution in [1.82, 2.24) is 10.6 Å². The number of thiophene rings is 2. The maximum atomic E-state index is 12.1. The molecular weight excluding hydrogens is 340 g/mol. The van der Waals surface area contributed by atoms with Gasteiger partial charge >= 0.3 is 0 Å². The molecule has 6 heteroatoms. The number of carbonyl (C=O) groups excluding carboxylic acids is 2. The molecule has 0 spiro atoms. The molecule has 2 amide bonds. The van der Waals surface area contributed by atoms with Crippen molar-refractivity contribution >= 4 is 34.5 Å². The molecular formula is C18H16N2O2S2. The third kappa shape index (κ3) is 4.31. The fraction of sp³-hybridized carbons (Fsp3) is 0.111. The zero-order valence-corrected chi connectivity index (χ0v) is 14.5. The summed E-state index contributed by atoms with van der Waals surface area (Å²) in [4.78, 5) is 26.4. The Bertz CT molecular complexity index is 725. The molecule has 122 valence electrons. The molecule has 1 aromatic carbocycles. The summed E-state index contributed by atoms with van der Waals surface area (Å²) in [5.74, 6) is -0.289. The molecule has 0 bridgehead atoms. The van der Waals surface area contributed by atoms with Crippen LogP contribution in [0.4, 0.5) is 0 Å². The fourth-order valence-corrected chi connectivity index (χ4v) is 3.43. The SMILES string of the molecule is O=C(NCc1cccs1)c1ccc(C(=O)NCc2cccs2)cc1.